The predicted octanol–water partition coefficient (Wildman–Crippen LogP) is 5.70. The van der Waals surface area contributed by atoms with Gasteiger partial charge in [0, 0.05) is 5.56 Å². The highest BCUT2D eigenvalue weighted by atomic mass is 19.4. The summed E-state index contributed by atoms with van der Waals surface area (Å²) in [6, 6.07) is 6.84. The molecule has 0 heterocycles. The molecule has 0 aliphatic heterocycles. The van der Waals surface area contributed by atoms with Crippen LogP contribution in [-0.2, 0) is 19.3 Å². The highest BCUT2D eigenvalue weighted by molar-refractivity contribution is 5.40. The van der Waals surface area contributed by atoms with Crippen molar-refractivity contribution in [1.82, 2.24) is 0 Å². The van der Waals surface area contributed by atoms with Crippen LogP contribution in [-0.4, -0.2) is 6.36 Å². The lowest BCUT2D eigenvalue weighted by Gasteiger charge is -2.26. The third-order valence-corrected chi connectivity index (χ3v) is 4.60. The zero-order valence-corrected chi connectivity index (χ0v) is 13.6. The predicted molar refractivity (Wildman–Crippen MR) is 83.6 cm³/mol. The van der Waals surface area contributed by atoms with E-state index in [0.717, 1.165) is 11.1 Å². The summed E-state index contributed by atoms with van der Waals surface area (Å²) in [6.45, 7) is 1.82. The van der Waals surface area contributed by atoms with E-state index in [9.17, 15) is 22.0 Å². The molecule has 2 aromatic carbocycles. The van der Waals surface area contributed by atoms with Crippen molar-refractivity contribution in [2.24, 2.45) is 0 Å². The summed E-state index contributed by atoms with van der Waals surface area (Å²) >= 11 is 0. The van der Waals surface area contributed by atoms with E-state index in [1.165, 1.54) is 24.3 Å². The van der Waals surface area contributed by atoms with Crippen LogP contribution in [0.1, 0.15) is 41.5 Å². The fourth-order valence-electron chi connectivity index (χ4n) is 3.41. The minimum Gasteiger partial charge on any atom is -0.406 e. The Bertz CT molecular complexity index is 759. The van der Waals surface area contributed by atoms with E-state index in [0.29, 0.717) is 31.2 Å². The molecule has 134 valence electrons. The molecule has 1 aliphatic carbocycles. The van der Waals surface area contributed by atoms with Gasteiger partial charge in [0.1, 0.15) is 17.4 Å². The van der Waals surface area contributed by atoms with E-state index >= 15 is 0 Å². The minimum atomic E-state index is -4.74. The van der Waals surface area contributed by atoms with E-state index < -0.39 is 18.0 Å². The van der Waals surface area contributed by atoms with Crippen LogP contribution in [0, 0.1) is 11.6 Å². The van der Waals surface area contributed by atoms with Gasteiger partial charge in [-0.25, -0.2) is 8.78 Å². The molecule has 0 fully saturated rings. The summed E-state index contributed by atoms with van der Waals surface area (Å²) in [6.07, 6.45) is -2.88. The molecule has 0 saturated carbocycles. The Balaban J connectivity index is 1.85. The monoisotopic (exact) mass is 356 g/mol. The normalized spacial score (nSPS) is 17.3. The van der Waals surface area contributed by atoms with Gasteiger partial charge in [0.2, 0.25) is 0 Å². The van der Waals surface area contributed by atoms with Crippen molar-refractivity contribution in [3.05, 3.63) is 64.2 Å². The summed E-state index contributed by atoms with van der Waals surface area (Å²) < 4.78 is 69.5. The molecule has 0 amide bonds. The number of ether oxygens (including phenoxy) is 1. The van der Waals surface area contributed by atoms with Gasteiger partial charge in [-0.2, -0.15) is 0 Å². The summed E-state index contributed by atoms with van der Waals surface area (Å²) in [4.78, 5) is 0. The largest absolute Gasteiger partial charge is 0.573 e. The van der Waals surface area contributed by atoms with Crippen LogP contribution in [0.5, 0.6) is 5.75 Å². The highest BCUT2D eigenvalue weighted by Gasteiger charge is 2.32. The van der Waals surface area contributed by atoms with Gasteiger partial charge in [-0.1, -0.05) is 13.0 Å². The van der Waals surface area contributed by atoms with Crippen molar-refractivity contribution in [1.29, 1.82) is 0 Å². The smallest absolute Gasteiger partial charge is 0.406 e. The van der Waals surface area contributed by atoms with Gasteiger partial charge in [0.25, 0.3) is 0 Å². The first-order valence-corrected chi connectivity index (χ1v) is 8.12. The molecule has 25 heavy (non-hydrogen) atoms. The van der Waals surface area contributed by atoms with Gasteiger partial charge in [0.15, 0.2) is 0 Å². The van der Waals surface area contributed by atoms with Gasteiger partial charge in [-0.05, 0) is 72.6 Å². The van der Waals surface area contributed by atoms with Gasteiger partial charge in [-0.3, -0.25) is 0 Å². The second kappa shape index (κ2) is 6.65. The molecule has 0 spiro atoms. The van der Waals surface area contributed by atoms with Gasteiger partial charge in [0.05, 0.1) is 0 Å². The zero-order valence-electron chi connectivity index (χ0n) is 13.6. The molecule has 6 heteroatoms. The molecule has 0 N–H and O–H groups in total. The van der Waals surface area contributed by atoms with Crippen molar-refractivity contribution < 1.29 is 26.7 Å². The fraction of sp³-hybridized carbons (Fsp3) is 0.368. The first-order valence-electron chi connectivity index (χ1n) is 8.12. The lowest BCUT2D eigenvalue weighted by atomic mass is 9.79. The van der Waals surface area contributed by atoms with Crippen molar-refractivity contribution in [2.75, 3.05) is 0 Å². The van der Waals surface area contributed by atoms with E-state index in [1.807, 2.05) is 6.92 Å². The zero-order chi connectivity index (χ0) is 18.2. The number of fused-ring (bicyclic) bond motifs is 1. The van der Waals surface area contributed by atoms with Gasteiger partial charge >= 0.3 is 6.36 Å². The Morgan fingerprint density at radius 3 is 2.32 bits per heavy atom. The summed E-state index contributed by atoms with van der Waals surface area (Å²) in [5.74, 6) is -1.70. The summed E-state index contributed by atoms with van der Waals surface area (Å²) in [5, 5.41) is 0. The molecule has 1 aliphatic rings. The number of aryl methyl sites for hydroxylation is 2. The first kappa shape index (κ1) is 17.7. The molecule has 0 saturated heterocycles. The number of benzene rings is 2. The first-order chi connectivity index (χ1) is 11.8. The Kier molecular flexibility index (Phi) is 4.71. The van der Waals surface area contributed by atoms with Crippen molar-refractivity contribution in [3.63, 3.8) is 0 Å². The second-order valence-corrected chi connectivity index (χ2v) is 6.24. The van der Waals surface area contributed by atoms with Crippen LogP contribution in [0.15, 0.2) is 30.3 Å². The second-order valence-electron chi connectivity index (χ2n) is 6.24. The Labute approximate surface area is 142 Å². The maximum absolute atomic E-state index is 14.3. The molecular formula is C19H17F5O. The highest BCUT2D eigenvalue weighted by Crippen LogP contribution is 2.37. The molecule has 1 nitrogen and oxygen atoms in total. The molecule has 0 aromatic heterocycles. The van der Waals surface area contributed by atoms with E-state index in [-0.39, 0.29) is 17.2 Å². The van der Waals surface area contributed by atoms with Crippen LogP contribution in [0.25, 0.3) is 0 Å². The minimum absolute atomic E-state index is 0.0680. The Morgan fingerprint density at radius 1 is 1.04 bits per heavy atom. The van der Waals surface area contributed by atoms with Crippen LogP contribution >= 0.6 is 0 Å². The number of hydrogen-bond acceptors (Lipinski definition) is 1. The van der Waals surface area contributed by atoms with Crippen molar-refractivity contribution in [2.45, 2.75) is 44.9 Å². The molecule has 1 unspecified atom stereocenters. The number of hydrogen-bond donors (Lipinski definition) is 0. The molecule has 3 rings (SSSR count). The Morgan fingerprint density at radius 2 is 1.72 bits per heavy atom. The third-order valence-electron chi connectivity index (χ3n) is 4.60. The topological polar surface area (TPSA) is 9.23 Å². The van der Waals surface area contributed by atoms with E-state index in [1.54, 1.807) is 6.07 Å². The van der Waals surface area contributed by atoms with Crippen molar-refractivity contribution >= 4 is 0 Å². The number of alkyl halides is 3. The van der Waals surface area contributed by atoms with Gasteiger partial charge < -0.3 is 4.74 Å². The lowest BCUT2D eigenvalue weighted by Crippen LogP contribution is -2.19. The van der Waals surface area contributed by atoms with Crippen LogP contribution in [0.4, 0.5) is 22.0 Å². The average molecular weight is 356 g/mol. The molecule has 1 atom stereocenters. The number of halogens is 5. The standard InChI is InChI=1S/C19H17F5O/c1-2-11-7-16(20)18(17(21)8-11)14-4-3-13-10-15(25-19(22,23)24)6-5-12(13)9-14/h5-8,10,14H,2-4,9H2,1H3. The SMILES string of the molecule is CCc1cc(F)c(C2CCc3cc(OC(F)(F)F)ccc3C2)c(F)c1. The number of rotatable bonds is 3. The third kappa shape index (κ3) is 3.94. The van der Waals surface area contributed by atoms with Crippen molar-refractivity contribution in [3.8, 4) is 5.75 Å². The Hall–Kier alpha value is -2.11. The summed E-state index contributed by atoms with van der Waals surface area (Å²) in [7, 11) is 0. The molecule has 0 bridgehead atoms. The fourth-order valence-corrected chi connectivity index (χ4v) is 3.41. The van der Waals surface area contributed by atoms with Gasteiger partial charge in [-0.15, -0.1) is 13.2 Å². The van der Waals surface area contributed by atoms with Crippen LogP contribution in [0.2, 0.25) is 0 Å². The van der Waals surface area contributed by atoms with Crippen LogP contribution < -0.4 is 4.74 Å². The lowest BCUT2D eigenvalue weighted by molar-refractivity contribution is -0.274. The average Bonchev–Trinajstić information content (AvgIpc) is 2.52. The molecule has 0 radical (unpaired) electrons. The maximum Gasteiger partial charge on any atom is 0.573 e. The molecular weight excluding hydrogens is 339 g/mol. The maximum atomic E-state index is 14.3. The summed E-state index contributed by atoms with van der Waals surface area (Å²) in [5.41, 5.74) is 2.19. The van der Waals surface area contributed by atoms with E-state index in [4.69, 9.17) is 0 Å². The van der Waals surface area contributed by atoms with E-state index in [2.05, 4.69) is 4.74 Å². The van der Waals surface area contributed by atoms with Crippen LogP contribution in [0.3, 0.4) is 0 Å². The quantitative estimate of drug-likeness (QED) is 0.641. The molecule has 2 aromatic rings.